The van der Waals surface area contributed by atoms with E-state index >= 15 is 0 Å². The van der Waals surface area contributed by atoms with Gasteiger partial charge in [-0.3, -0.25) is 25.0 Å². The third-order valence-corrected chi connectivity index (χ3v) is 3.73. The van der Waals surface area contributed by atoms with E-state index in [1.807, 2.05) is 0 Å². The van der Waals surface area contributed by atoms with Crippen LogP contribution in [0.4, 0.5) is 11.4 Å². The van der Waals surface area contributed by atoms with E-state index in [9.17, 15) is 25.0 Å². The Morgan fingerprint density at radius 2 is 1.77 bits per heavy atom. The standard InChI is InChI=1S/C11H5Cl2IN2O6/c1-2-8(14)22-11(17)9(12)5-3-6(15(18)19)10(13)7(4-5)16(20)21/h1,3-4,8-9H. The fourth-order valence-corrected chi connectivity index (χ4v) is 2.03. The van der Waals surface area contributed by atoms with Gasteiger partial charge in [0.25, 0.3) is 11.4 Å². The first kappa shape index (κ1) is 18.4. The molecular formula is C11H5Cl2IN2O6. The van der Waals surface area contributed by atoms with Gasteiger partial charge < -0.3 is 4.74 Å². The lowest BCUT2D eigenvalue weighted by atomic mass is 10.1. The molecule has 0 aromatic heterocycles. The van der Waals surface area contributed by atoms with Gasteiger partial charge in [-0.15, -0.1) is 18.0 Å². The molecule has 0 N–H and O–H groups in total. The summed E-state index contributed by atoms with van der Waals surface area (Å²) < 4.78 is 3.85. The van der Waals surface area contributed by atoms with Crippen molar-refractivity contribution in [2.45, 2.75) is 9.49 Å². The molecule has 0 aliphatic rings. The summed E-state index contributed by atoms with van der Waals surface area (Å²) in [5, 5.41) is 19.6. The summed E-state index contributed by atoms with van der Waals surface area (Å²) in [5.74, 6) is 1.12. The first-order chi connectivity index (χ1) is 10.2. The average Bonchev–Trinajstić information content (AvgIpc) is 2.45. The molecule has 0 radical (unpaired) electrons. The number of carbonyl (C=O) groups excluding carboxylic acids is 1. The van der Waals surface area contributed by atoms with Gasteiger partial charge in [-0.2, -0.15) is 0 Å². The number of nitrogens with zero attached hydrogens (tertiary/aromatic N) is 2. The van der Waals surface area contributed by atoms with E-state index in [4.69, 9.17) is 34.4 Å². The molecule has 0 aliphatic carbocycles. The molecule has 22 heavy (non-hydrogen) atoms. The van der Waals surface area contributed by atoms with Crippen LogP contribution in [0.3, 0.4) is 0 Å². The highest BCUT2D eigenvalue weighted by Gasteiger charge is 2.30. The lowest BCUT2D eigenvalue weighted by Crippen LogP contribution is -2.15. The molecule has 0 saturated heterocycles. The summed E-state index contributed by atoms with van der Waals surface area (Å²) in [7, 11) is 0. The summed E-state index contributed by atoms with van der Waals surface area (Å²) in [6.45, 7) is 0. The van der Waals surface area contributed by atoms with E-state index in [-0.39, 0.29) is 5.56 Å². The van der Waals surface area contributed by atoms with Gasteiger partial charge in [0.05, 0.1) is 9.85 Å². The molecular weight excluding hydrogens is 454 g/mol. The van der Waals surface area contributed by atoms with Crippen LogP contribution in [0.15, 0.2) is 12.1 Å². The van der Waals surface area contributed by atoms with Crippen LogP contribution in [-0.4, -0.2) is 19.9 Å². The number of nitro benzene ring substituents is 2. The number of terminal acetylenes is 1. The first-order valence-electron chi connectivity index (χ1n) is 5.26. The van der Waals surface area contributed by atoms with Crippen molar-refractivity contribution >= 4 is 63.1 Å². The van der Waals surface area contributed by atoms with Gasteiger partial charge >= 0.3 is 5.97 Å². The normalized spacial score (nSPS) is 12.8. The maximum atomic E-state index is 11.7. The van der Waals surface area contributed by atoms with Crippen LogP contribution in [0.1, 0.15) is 10.9 Å². The van der Waals surface area contributed by atoms with E-state index in [2.05, 4.69) is 5.92 Å². The highest BCUT2D eigenvalue weighted by Crippen LogP contribution is 2.38. The van der Waals surface area contributed by atoms with Gasteiger partial charge in [0, 0.05) is 12.1 Å². The first-order valence-corrected chi connectivity index (χ1v) is 7.32. The Bertz CT molecular complexity index is 655. The molecule has 116 valence electrons. The number of halogens is 3. The second-order valence-electron chi connectivity index (χ2n) is 3.67. The lowest BCUT2D eigenvalue weighted by Gasteiger charge is -2.11. The zero-order chi connectivity index (χ0) is 17.0. The minimum absolute atomic E-state index is 0.199. The molecule has 0 bridgehead atoms. The minimum Gasteiger partial charge on any atom is -0.438 e. The Labute approximate surface area is 147 Å². The lowest BCUT2D eigenvalue weighted by molar-refractivity contribution is -0.394. The van der Waals surface area contributed by atoms with Crippen molar-refractivity contribution in [2.24, 2.45) is 0 Å². The monoisotopic (exact) mass is 458 g/mol. The molecule has 0 heterocycles. The van der Waals surface area contributed by atoms with Crippen molar-refractivity contribution in [1.29, 1.82) is 0 Å². The van der Waals surface area contributed by atoms with Gasteiger partial charge in [0.2, 0.25) is 4.11 Å². The molecule has 2 atom stereocenters. The van der Waals surface area contributed by atoms with Crippen molar-refractivity contribution in [3.8, 4) is 12.3 Å². The fraction of sp³-hybridized carbons (Fsp3) is 0.182. The van der Waals surface area contributed by atoms with Crippen molar-refractivity contribution in [3.05, 3.63) is 42.9 Å². The largest absolute Gasteiger partial charge is 0.438 e. The average molecular weight is 459 g/mol. The van der Waals surface area contributed by atoms with Crippen LogP contribution in [0.2, 0.25) is 5.02 Å². The van der Waals surface area contributed by atoms with Crippen LogP contribution in [0.25, 0.3) is 0 Å². The maximum absolute atomic E-state index is 11.7. The number of rotatable bonds is 5. The fourth-order valence-electron chi connectivity index (χ4n) is 1.36. The van der Waals surface area contributed by atoms with Crippen molar-refractivity contribution in [2.75, 3.05) is 0 Å². The second kappa shape index (κ2) is 7.57. The SMILES string of the molecule is C#CC(I)OC(=O)C(Cl)c1cc([N+](=O)[O-])c(Cl)c([N+](=O)[O-])c1. The van der Waals surface area contributed by atoms with Crippen LogP contribution in [0, 0.1) is 32.6 Å². The molecule has 1 rings (SSSR count). The Kier molecular flexibility index (Phi) is 6.34. The Balaban J connectivity index is 3.30. The number of hydrogen-bond donors (Lipinski definition) is 0. The predicted molar refractivity (Wildman–Crippen MR) is 86.1 cm³/mol. The highest BCUT2D eigenvalue weighted by molar-refractivity contribution is 14.1. The summed E-state index contributed by atoms with van der Waals surface area (Å²) in [4.78, 5) is 31.6. The van der Waals surface area contributed by atoms with Gasteiger partial charge in [-0.1, -0.05) is 17.5 Å². The van der Waals surface area contributed by atoms with E-state index in [1.165, 1.54) is 0 Å². The smallest absolute Gasteiger partial charge is 0.330 e. The molecule has 0 aliphatic heterocycles. The van der Waals surface area contributed by atoms with Crippen LogP contribution >= 0.6 is 45.8 Å². The summed E-state index contributed by atoms with van der Waals surface area (Å²) in [6, 6.07) is 1.73. The highest BCUT2D eigenvalue weighted by atomic mass is 127. The molecule has 2 unspecified atom stereocenters. The number of carbonyl (C=O) groups is 1. The zero-order valence-corrected chi connectivity index (χ0v) is 14.0. The van der Waals surface area contributed by atoms with Gasteiger partial charge in [0.1, 0.15) is 0 Å². The summed E-state index contributed by atoms with van der Waals surface area (Å²) in [6.07, 6.45) is 5.03. The molecule has 11 heteroatoms. The third kappa shape index (κ3) is 4.19. The van der Waals surface area contributed by atoms with Gasteiger partial charge in [-0.05, 0) is 28.2 Å². The zero-order valence-electron chi connectivity index (χ0n) is 10.4. The van der Waals surface area contributed by atoms with Crippen molar-refractivity contribution < 1.29 is 19.4 Å². The second-order valence-corrected chi connectivity index (χ2v) is 5.62. The number of alkyl halides is 2. The number of hydrogen-bond acceptors (Lipinski definition) is 6. The van der Waals surface area contributed by atoms with Crippen molar-refractivity contribution in [3.63, 3.8) is 0 Å². The molecule has 8 nitrogen and oxygen atoms in total. The van der Waals surface area contributed by atoms with Crippen LogP contribution < -0.4 is 0 Å². The quantitative estimate of drug-likeness (QED) is 0.167. The Hall–Kier alpha value is -1.64. The predicted octanol–water partition coefficient (Wildman–Crippen LogP) is 3.37. The van der Waals surface area contributed by atoms with Crippen LogP contribution in [0.5, 0.6) is 0 Å². The molecule has 1 aromatic rings. The van der Waals surface area contributed by atoms with Gasteiger partial charge in [0.15, 0.2) is 10.4 Å². The molecule has 0 saturated carbocycles. The number of ether oxygens (including phenoxy) is 1. The van der Waals surface area contributed by atoms with E-state index < -0.39 is 41.7 Å². The van der Waals surface area contributed by atoms with Gasteiger partial charge in [-0.25, -0.2) is 0 Å². The maximum Gasteiger partial charge on any atom is 0.330 e. The van der Waals surface area contributed by atoms with E-state index in [1.54, 1.807) is 22.6 Å². The van der Waals surface area contributed by atoms with Crippen molar-refractivity contribution in [1.82, 2.24) is 0 Å². The molecule has 0 spiro atoms. The van der Waals surface area contributed by atoms with Crippen LogP contribution in [-0.2, 0) is 9.53 Å². The Morgan fingerprint density at radius 1 is 1.32 bits per heavy atom. The number of esters is 1. The third-order valence-electron chi connectivity index (χ3n) is 2.30. The number of nitro groups is 2. The molecule has 0 amide bonds. The Morgan fingerprint density at radius 3 is 2.14 bits per heavy atom. The molecule has 1 aromatic carbocycles. The topological polar surface area (TPSA) is 113 Å². The summed E-state index contributed by atoms with van der Waals surface area (Å²) in [5.41, 5.74) is -1.69. The summed E-state index contributed by atoms with van der Waals surface area (Å²) >= 11 is 13.1. The van der Waals surface area contributed by atoms with E-state index in [0.717, 1.165) is 12.1 Å². The molecule has 0 fully saturated rings. The number of benzene rings is 1. The minimum atomic E-state index is -1.51. The van der Waals surface area contributed by atoms with E-state index in [0.29, 0.717) is 0 Å².